The summed E-state index contributed by atoms with van der Waals surface area (Å²) in [5, 5.41) is 0. The van der Waals surface area contributed by atoms with Crippen molar-refractivity contribution in [3.8, 4) is 0 Å². The van der Waals surface area contributed by atoms with E-state index in [-0.39, 0.29) is 31.1 Å². The van der Waals surface area contributed by atoms with Gasteiger partial charge in [0.1, 0.15) is 13.2 Å². The number of rotatable bonds is 57. The highest BCUT2D eigenvalue weighted by Crippen LogP contribution is 2.19. The molecule has 0 fully saturated rings. The van der Waals surface area contributed by atoms with Gasteiger partial charge in [0.05, 0.1) is 0 Å². The third-order valence-corrected chi connectivity index (χ3v) is 14.7. The standard InChI is InChI=1S/C62H120O6/c1-5-8-10-12-14-16-18-20-22-24-26-28-30-32-37-41-45-49-53-60(63)66-56-59(57-67-61(64)54-50-46-42-38-35-34-36-40-44-48-52-58(4)7-3)68-62(65)55-51-47-43-39-33-31-29-27-25-23-21-19-17-15-13-11-9-6-2/h58-59H,5-57H2,1-4H3/t58?,59-/m1/s1. The number of hydrogen-bond donors (Lipinski definition) is 0. The Morgan fingerprint density at radius 2 is 0.515 bits per heavy atom. The zero-order valence-electron chi connectivity index (χ0n) is 46.6. The van der Waals surface area contributed by atoms with E-state index in [4.69, 9.17) is 14.2 Å². The second-order valence-corrected chi connectivity index (χ2v) is 21.6. The van der Waals surface area contributed by atoms with Crippen molar-refractivity contribution < 1.29 is 28.6 Å². The van der Waals surface area contributed by atoms with Crippen LogP contribution in [0, 0.1) is 5.92 Å². The molecule has 0 aliphatic carbocycles. The van der Waals surface area contributed by atoms with Crippen LogP contribution in [0.5, 0.6) is 0 Å². The molecular weight excluding hydrogens is 841 g/mol. The molecule has 6 heteroatoms. The quantitative estimate of drug-likeness (QED) is 0.0343. The van der Waals surface area contributed by atoms with Crippen LogP contribution < -0.4 is 0 Å². The molecule has 0 aromatic carbocycles. The summed E-state index contributed by atoms with van der Waals surface area (Å²) in [6.07, 6.45) is 62.4. The van der Waals surface area contributed by atoms with Gasteiger partial charge < -0.3 is 14.2 Å². The molecule has 0 spiro atoms. The highest BCUT2D eigenvalue weighted by molar-refractivity contribution is 5.71. The lowest BCUT2D eigenvalue weighted by molar-refractivity contribution is -0.167. The molecular formula is C62H120O6. The van der Waals surface area contributed by atoms with Crippen molar-refractivity contribution in [2.45, 2.75) is 361 Å². The minimum atomic E-state index is -0.763. The van der Waals surface area contributed by atoms with E-state index in [2.05, 4.69) is 27.7 Å². The van der Waals surface area contributed by atoms with E-state index in [1.807, 2.05) is 0 Å². The largest absolute Gasteiger partial charge is 0.462 e. The lowest BCUT2D eigenvalue weighted by atomic mass is 9.99. The number of carbonyl (C=O) groups excluding carboxylic acids is 3. The van der Waals surface area contributed by atoms with Crippen molar-refractivity contribution in [1.82, 2.24) is 0 Å². The van der Waals surface area contributed by atoms with Gasteiger partial charge in [-0.3, -0.25) is 14.4 Å². The van der Waals surface area contributed by atoms with Gasteiger partial charge in [-0.1, -0.05) is 317 Å². The van der Waals surface area contributed by atoms with Gasteiger partial charge in [0.2, 0.25) is 0 Å². The number of ether oxygens (including phenoxy) is 3. The predicted molar refractivity (Wildman–Crippen MR) is 293 cm³/mol. The highest BCUT2D eigenvalue weighted by atomic mass is 16.6. The average molecular weight is 962 g/mol. The van der Waals surface area contributed by atoms with E-state index in [0.29, 0.717) is 19.3 Å². The van der Waals surface area contributed by atoms with E-state index in [1.54, 1.807) is 0 Å². The minimum absolute atomic E-state index is 0.0616. The van der Waals surface area contributed by atoms with Crippen molar-refractivity contribution in [1.29, 1.82) is 0 Å². The fourth-order valence-corrected chi connectivity index (χ4v) is 9.60. The first kappa shape index (κ1) is 66.4. The van der Waals surface area contributed by atoms with E-state index in [1.165, 1.54) is 250 Å². The second kappa shape index (κ2) is 56.3. The summed E-state index contributed by atoms with van der Waals surface area (Å²) in [7, 11) is 0. The minimum Gasteiger partial charge on any atom is -0.462 e. The van der Waals surface area contributed by atoms with Crippen LogP contribution in [-0.2, 0) is 28.6 Å². The normalized spacial score (nSPS) is 12.4. The molecule has 6 nitrogen and oxygen atoms in total. The van der Waals surface area contributed by atoms with Crippen molar-refractivity contribution in [2.75, 3.05) is 13.2 Å². The van der Waals surface area contributed by atoms with Crippen molar-refractivity contribution in [2.24, 2.45) is 5.92 Å². The molecule has 0 bridgehead atoms. The van der Waals surface area contributed by atoms with E-state index in [0.717, 1.165) is 63.7 Å². The summed E-state index contributed by atoms with van der Waals surface area (Å²) < 4.78 is 16.9. The van der Waals surface area contributed by atoms with Crippen LogP contribution in [0.25, 0.3) is 0 Å². The van der Waals surface area contributed by atoms with Gasteiger partial charge in [-0.2, -0.15) is 0 Å². The maximum Gasteiger partial charge on any atom is 0.306 e. The van der Waals surface area contributed by atoms with E-state index in [9.17, 15) is 14.4 Å². The molecule has 0 saturated heterocycles. The molecule has 0 aromatic rings. The third-order valence-electron chi connectivity index (χ3n) is 14.7. The molecule has 0 rings (SSSR count). The number of esters is 3. The molecule has 2 atom stereocenters. The van der Waals surface area contributed by atoms with Crippen LogP contribution >= 0.6 is 0 Å². The Balaban J connectivity index is 4.28. The van der Waals surface area contributed by atoms with Crippen LogP contribution in [0.1, 0.15) is 355 Å². The Hall–Kier alpha value is -1.59. The van der Waals surface area contributed by atoms with Gasteiger partial charge in [0.25, 0.3) is 0 Å². The maximum absolute atomic E-state index is 12.9. The van der Waals surface area contributed by atoms with Gasteiger partial charge in [0, 0.05) is 19.3 Å². The molecule has 0 radical (unpaired) electrons. The number of unbranched alkanes of at least 4 members (excludes halogenated alkanes) is 43. The fraction of sp³-hybridized carbons (Fsp3) is 0.952. The zero-order chi connectivity index (χ0) is 49.5. The average Bonchev–Trinajstić information content (AvgIpc) is 3.34. The summed E-state index contributed by atoms with van der Waals surface area (Å²) in [6, 6.07) is 0. The van der Waals surface area contributed by atoms with Gasteiger partial charge in [-0.15, -0.1) is 0 Å². The molecule has 0 aromatic heterocycles. The SMILES string of the molecule is CCCCCCCCCCCCCCCCCCCCC(=O)OC[C@H](COC(=O)CCCCCCCCCCCCC(C)CC)OC(=O)CCCCCCCCCCCCCCCCCCCC. The second-order valence-electron chi connectivity index (χ2n) is 21.6. The highest BCUT2D eigenvalue weighted by Gasteiger charge is 2.19. The molecule has 0 heterocycles. The van der Waals surface area contributed by atoms with Crippen LogP contribution in [0.2, 0.25) is 0 Å². The van der Waals surface area contributed by atoms with Crippen LogP contribution in [0.15, 0.2) is 0 Å². The monoisotopic (exact) mass is 961 g/mol. The van der Waals surface area contributed by atoms with E-state index >= 15 is 0 Å². The molecule has 0 aliphatic heterocycles. The van der Waals surface area contributed by atoms with Crippen molar-refractivity contribution >= 4 is 17.9 Å². The first-order valence-electron chi connectivity index (χ1n) is 30.9. The van der Waals surface area contributed by atoms with Crippen LogP contribution in [-0.4, -0.2) is 37.2 Å². The lowest BCUT2D eigenvalue weighted by Crippen LogP contribution is -2.30. The van der Waals surface area contributed by atoms with Gasteiger partial charge in [-0.05, 0) is 25.2 Å². The predicted octanol–water partition coefficient (Wildman–Crippen LogP) is 20.6. The molecule has 0 saturated carbocycles. The number of carbonyl (C=O) groups is 3. The Morgan fingerprint density at radius 3 is 0.765 bits per heavy atom. The summed E-state index contributed by atoms with van der Waals surface area (Å²) in [6.45, 7) is 9.10. The van der Waals surface area contributed by atoms with Crippen LogP contribution in [0.4, 0.5) is 0 Å². The zero-order valence-corrected chi connectivity index (χ0v) is 46.6. The molecule has 1 unspecified atom stereocenters. The molecule has 68 heavy (non-hydrogen) atoms. The lowest BCUT2D eigenvalue weighted by Gasteiger charge is -2.18. The first-order chi connectivity index (χ1) is 33.4. The molecule has 0 aliphatic rings. The van der Waals surface area contributed by atoms with Crippen molar-refractivity contribution in [3.63, 3.8) is 0 Å². The topological polar surface area (TPSA) is 78.9 Å². The van der Waals surface area contributed by atoms with Gasteiger partial charge in [0.15, 0.2) is 6.10 Å². The fourth-order valence-electron chi connectivity index (χ4n) is 9.60. The molecule has 0 amide bonds. The smallest absolute Gasteiger partial charge is 0.306 e. The molecule has 0 N–H and O–H groups in total. The molecule has 404 valence electrons. The Labute approximate surface area is 425 Å². The Morgan fingerprint density at radius 1 is 0.294 bits per heavy atom. The number of hydrogen-bond acceptors (Lipinski definition) is 6. The van der Waals surface area contributed by atoms with Crippen molar-refractivity contribution in [3.05, 3.63) is 0 Å². The van der Waals surface area contributed by atoms with E-state index < -0.39 is 6.10 Å². The van der Waals surface area contributed by atoms with Gasteiger partial charge in [-0.25, -0.2) is 0 Å². The first-order valence-corrected chi connectivity index (χ1v) is 30.9. The summed E-state index contributed by atoms with van der Waals surface area (Å²) in [5.74, 6) is 0.0382. The summed E-state index contributed by atoms with van der Waals surface area (Å²) in [4.78, 5) is 38.2. The van der Waals surface area contributed by atoms with Gasteiger partial charge >= 0.3 is 17.9 Å². The third kappa shape index (κ3) is 53.8. The summed E-state index contributed by atoms with van der Waals surface area (Å²) in [5.41, 5.74) is 0. The summed E-state index contributed by atoms with van der Waals surface area (Å²) >= 11 is 0. The Kier molecular flexibility index (Phi) is 55.0. The Bertz CT molecular complexity index is 1030. The van der Waals surface area contributed by atoms with Crippen LogP contribution in [0.3, 0.4) is 0 Å². The maximum atomic E-state index is 12.9.